The van der Waals surface area contributed by atoms with Crippen LogP contribution in [0.4, 0.5) is 0 Å². The molecule has 0 saturated heterocycles. The zero-order valence-corrected chi connectivity index (χ0v) is 28.8. The van der Waals surface area contributed by atoms with Crippen molar-refractivity contribution in [1.29, 1.82) is 0 Å². The van der Waals surface area contributed by atoms with Gasteiger partial charge in [0.05, 0.1) is 6.10 Å². The van der Waals surface area contributed by atoms with Crippen molar-refractivity contribution in [2.24, 2.45) is 34.0 Å². The fourth-order valence-electron chi connectivity index (χ4n) is 9.62. The third kappa shape index (κ3) is 4.96. The number of ether oxygens (including phenoxy) is 1. The number of aliphatic hydroxyl groups is 1. The zero-order valence-electron chi connectivity index (χ0n) is 27.8. The molecule has 2 bridgehead atoms. The lowest BCUT2D eigenvalue weighted by Gasteiger charge is -2.61. The number of rotatable bonds is 7. The number of carbonyl (C=O) groups excluding carboxylic acids is 2. The van der Waals surface area contributed by atoms with Gasteiger partial charge in [0, 0.05) is 23.2 Å². The Balaban J connectivity index is 1.53. The van der Waals surface area contributed by atoms with Gasteiger partial charge >= 0.3 is 5.97 Å². The molecule has 8 atom stereocenters. The number of aliphatic hydroxyl groups excluding tert-OH is 1. The fraction of sp³-hybridized carbons (Fsp3) is 0.579. The Labute approximate surface area is 265 Å². The Kier molecular flexibility index (Phi) is 8.71. The molecule has 2 aromatic rings. The van der Waals surface area contributed by atoms with Crippen molar-refractivity contribution >= 4 is 30.4 Å². The van der Waals surface area contributed by atoms with Gasteiger partial charge in [0.2, 0.25) is 0 Å². The average molecular weight is 617 g/mol. The van der Waals surface area contributed by atoms with Crippen molar-refractivity contribution in [3.8, 4) is 0 Å². The molecule has 0 heterocycles. The Bertz CT molecular complexity index is 1330. The number of esters is 1. The van der Waals surface area contributed by atoms with Crippen LogP contribution < -0.4 is 10.4 Å². The molecular weight excluding hydrogens is 564 g/mol. The van der Waals surface area contributed by atoms with Crippen LogP contribution >= 0.6 is 0 Å². The third-order valence-electron chi connectivity index (χ3n) is 12.4. The molecule has 0 spiro atoms. The van der Waals surface area contributed by atoms with Gasteiger partial charge < -0.3 is 14.3 Å². The van der Waals surface area contributed by atoms with E-state index < -0.39 is 37.3 Å². The minimum absolute atomic E-state index is 0.0658. The van der Waals surface area contributed by atoms with E-state index in [1.54, 1.807) is 0 Å². The molecule has 3 saturated carbocycles. The third-order valence-corrected chi connectivity index (χ3v) is 17.4. The van der Waals surface area contributed by atoms with E-state index in [1.807, 2.05) is 49.4 Å². The lowest BCUT2D eigenvalue weighted by atomic mass is 9.44. The molecule has 5 rings (SSSR count). The van der Waals surface area contributed by atoms with Crippen LogP contribution in [0.25, 0.3) is 0 Å². The Hall–Kier alpha value is -2.54. The SMILES string of the molecule is C=C[C@@]1(C)C[C@@H](OC(=O)CO[Si](c2ccccc2)(c2ccccc2)C(C)(C)C)[C@@]2(C)C3C(=O)CCC3(CC[C@H]2C)[C@H](C)[C@@H]1O. The second kappa shape index (κ2) is 11.7. The van der Waals surface area contributed by atoms with Crippen molar-refractivity contribution in [1.82, 2.24) is 0 Å². The quantitative estimate of drug-likeness (QED) is 0.219. The molecule has 44 heavy (non-hydrogen) atoms. The summed E-state index contributed by atoms with van der Waals surface area (Å²) in [6, 6.07) is 20.6. The molecule has 1 N–H and O–H groups in total. The molecule has 3 fully saturated rings. The van der Waals surface area contributed by atoms with Crippen molar-refractivity contribution in [3.05, 3.63) is 73.3 Å². The molecule has 3 aliphatic rings. The summed E-state index contributed by atoms with van der Waals surface area (Å²) in [5, 5.41) is 13.8. The highest BCUT2D eigenvalue weighted by Gasteiger charge is 2.68. The topological polar surface area (TPSA) is 72.8 Å². The minimum Gasteiger partial charge on any atom is -0.460 e. The monoisotopic (exact) mass is 616 g/mol. The van der Waals surface area contributed by atoms with Gasteiger partial charge in [0.25, 0.3) is 8.32 Å². The normalized spacial score (nSPS) is 35.7. The van der Waals surface area contributed by atoms with Crippen molar-refractivity contribution in [2.75, 3.05) is 6.61 Å². The number of hydrogen-bond donors (Lipinski definition) is 1. The van der Waals surface area contributed by atoms with E-state index in [4.69, 9.17) is 9.16 Å². The van der Waals surface area contributed by atoms with Crippen LogP contribution in [0.1, 0.15) is 80.6 Å². The van der Waals surface area contributed by atoms with Gasteiger partial charge in [0.15, 0.2) is 0 Å². The van der Waals surface area contributed by atoms with Gasteiger partial charge in [-0.1, -0.05) is 115 Å². The van der Waals surface area contributed by atoms with Gasteiger partial charge in [0.1, 0.15) is 18.5 Å². The second-order valence-electron chi connectivity index (χ2n) is 15.5. The molecule has 0 aliphatic heterocycles. The summed E-state index contributed by atoms with van der Waals surface area (Å²) in [7, 11) is -2.95. The Morgan fingerprint density at radius 3 is 2.11 bits per heavy atom. The standard InChI is InChI=1S/C38H52O5Si/c1-9-36(7)24-31(37(8)26(2)20-22-38(27(3)34(36)41)23-21-30(39)33(37)38)43-32(40)25-42-44(35(4,5)6,28-16-12-10-13-17-28)29-18-14-11-15-19-29/h9-19,26-27,31,33-34,41H,1,20-25H2,2-8H3/t26-,27-,31-,33?,34+,36+,37+,38?/m1/s1. The number of hydrogen-bond acceptors (Lipinski definition) is 5. The van der Waals surface area contributed by atoms with E-state index in [2.05, 4.69) is 72.4 Å². The van der Waals surface area contributed by atoms with E-state index in [1.165, 1.54) is 0 Å². The van der Waals surface area contributed by atoms with Gasteiger partial charge in [-0.05, 0) is 58.3 Å². The van der Waals surface area contributed by atoms with Crippen LogP contribution in [0.3, 0.4) is 0 Å². The number of carbonyl (C=O) groups is 2. The average Bonchev–Trinajstić information content (AvgIpc) is 3.36. The minimum atomic E-state index is -2.95. The summed E-state index contributed by atoms with van der Waals surface area (Å²) in [6.45, 7) is 19.0. The predicted octanol–water partition coefficient (Wildman–Crippen LogP) is 6.47. The van der Waals surface area contributed by atoms with Crippen LogP contribution in [-0.4, -0.2) is 44.0 Å². The highest BCUT2D eigenvalue weighted by Crippen LogP contribution is 2.68. The summed E-state index contributed by atoms with van der Waals surface area (Å²) < 4.78 is 13.5. The van der Waals surface area contributed by atoms with Crippen LogP contribution in [0, 0.1) is 34.0 Å². The lowest BCUT2D eigenvalue weighted by Crippen LogP contribution is -2.67. The number of benzene rings is 2. The predicted molar refractivity (Wildman–Crippen MR) is 178 cm³/mol. The number of Topliss-reactive ketones (excluding diaryl/α,β-unsaturated/α-hetero) is 1. The summed E-state index contributed by atoms with van der Waals surface area (Å²) in [5.41, 5.74) is -1.54. The summed E-state index contributed by atoms with van der Waals surface area (Å²) in [4.78, 5) is 27.8. The van der Waals surface area contributed by atoms with Gasteiger partial charge in [-0.25, -0.2) is 4.79 Å². The molecular formula is C38H52O5Si. The van der Waals surface area contributed by atoms with Crippen LogP contribution in [0.5, 0.6) is 0 Å². The summed E-state index contributed by atoms with van der Waals surface area (Å²) >= 11 is 0. The van der Waals surface area contributed by atoms with E-state index in [-0.39, 0.29) is 40.6 Å². The zero-order chi connectivity index (χ0) is 32.1. The molecule has 2 unspecified atom stereocenters. The molecule has 0 aromatic heterocycles. The maximum Gasteiger partial charge on any atom is 0.331 e. The molecule has 0 radical (unpaired) electrons. The molecule has 3 aliphatic carbocycles. The first-order valence-corrected chi connectivity index (χ1v) is 18.4. The number of ketones is 1. The van der Waals surface area contributed by atoms with Crippen molar-refractivity contribution in [2.45, 2.75) is 97.8 Å². The second-order valence-corrected chi connectivity index (χ2v) is 19.8. The highest BCUT2D eigenvalue weighted by atomic mass is 28.4. The summed E-state index contributed by atoms with van der Waals surface area (Å²) in [5.74, 6) is -0.316. The molecule has 2 aromatic carbocycles. The first kappa shape index (κ1) is 32.8. The first-order chi connectivity index (χ1) is 20.7. The van der Waals surface area contributed by atoms with Gasteiger partial charge in [-0.15, -0.1) is 6.58 Å². The van der Waals surface area contributed by atoms with Gasteiger partial charge in [-0.2, -0.15) is 0 Å². The maximum absolute atomic E-state index is 14.1. The van der Waals surface area contributed by atoms with E-state index in [9.17, 15) is 14.7 Å². The van der Waals surface area contributed by atoms with Crippen molar-refractivity contribution < 1.29 is 23.9 Å². The largest absolute Gasteiger partial charge is 0.460 e. The fourth-order valence-corrected chi connectivity index (χ4v) is 14.1. The summed E-state index contributed by atoms with van der Waals surface area (Å²) in [6.07, 6.45) is 4.14. The van der Waals surface area contributed by atoms with Crippen LogP contribution in [-0.2, 0) is 18.8 Å². The van der Waals surface area contributed by atoms with Gasteiger partial charge in [-0.3, -0.25) is 4.79 Å². The highest BCUT2D eigenvalue weighted by molar-refractivity contribution is 6.99. The molecule has 6 heteroatoms. The van der Waals surface area contributed by atoms with Crippen molar-refractivity contribution in [3.63, 3.8) is 0 Å². The van der Waals surface area contributed by atoms with Crippen LogP contribution in [0.15, 0.2) is 73.3 Å². The van der Waals surface area contributed by atoms with E-state index in [0.717, 1.165) is 29.6 Å². The molecule has 5 nitrogen and oxygen atoms in total. The lowest BCUT2D eigenvalue weighted by molar-refractivity contribution is -0.207. The van der Waals surface area contributed by atoms with E-state index >= 15 is 0 Å². The maximum atomic E-state index is 14.1. The van der Waals surface area contributed by atoms with Crippen LogP contribution in [0.2, 0.25) is 5.04 Å². The smallest absolute Gasteiger partial charge is 0.331 e. The van der Waals surface area contributed by atoms with E-state index in [0.29, 0.717) is 12.8 Å². The first-order valence-electron chi connectivity index (χ1n) is 16.5. The molecule has 0 amide bonds. The Morgan fingerprint density at radius 1 is 1.02 bits per heavy atom. The Morgan fingerprint density at radius 2 is 1.59 bits per heavy atom. The molecule has 238 valence electrons.